The molecule has 0 radical (unpaired) electrons. The fourth-order valence-electron chi connectivity index (χ4n) is 4.65. The molecule has 6 heteroatoms. The van der Waals surface area contributed by atoms with Crippen LogP contribution < -0.4 is 0 Å². The number of hydrogen-bond acceptors (Lipinski definition) is 4. The average Bonchev–Trinajstić information content (AvgIpc) is 2.57. The molecule has 2 aliphatic rings. The molecule has 0 aromatic rings. The topological polar surface area (TPSA) is 58.9 Å². The molecule has 0 bridgehead atoms. The molecule has 0 aromatic heterocycles. The van der Waals surface area contributed by atoms with Gasteiger partial charge in [0, 0.05) is 13.2 Å². The van der Waals surface area contributed by atoms with Crippen LogP contribution in [-0.4, -0.2) is 51.3 Å². The van der Waals surface area contributed by atoms with E-state index in [1.54, 1.807) is 0 Å². The predicted molar refractivity (Wildman–Crippen MR) is 140 cm³/mol. The van der Waals surface area contributed by atoms with Crippen molar-refractivity contribution in [3.05, 3.63) is 24.3 Å². The summed E-state index contributed by atoms with van der Waals surface area (Å²) >= 11 is 0. The zero-order valence-electron chi connectivity index (χ0n) is 22.8. The summed E-state index contributed by atoms with van der Waals surface area (Å²) in [5.41, 5.74) is -3.70. The minimum absolute atomic E-state index is 0.0567. The van der Waals surface area contributed by atoms with Gasteiger partial charge in [-0.25, -0.2) is 0 Å². The summed E-state index contributed by atoms with van der Waals surface area (Å²) in [7, 11) is -4.17. The van der Waals surface area contributed by atoms with Crippen LogP contribution in [0.15, 0.2) is 24.3 Å². The molecule has 2 N–H and O–H groups in total. The standard InChI is InChI=1S/C26H50O4Si2/c1-21(2,3)31(9,10)29-19-25-17-13-16-24(8,28)26(25,18-14-15-23(25,7)27)20-30-32(11,12)22(4,5)6/h13-14,17-18,27-28H,15-16,19-20H2,1-12H3/t23-,24-,25+,26+/m0/s1. The lowest BCUT2D eigenvalue weighted by Gasteiger charge is -2.64. The largest absolute Gasteiger partial charge is 0.416 e. The molecule has 4 atom stereocenters. The lowest BCUT2D eigenvalue weighted by atomic mass is 9.45. The van der Waals surface area contributed by atoms with E-state index >= 15 is 0 Å². The van der Waals surface area contributed by atoms with Crippen molar-refractivity contribution in [2.45, 2.75) is 116 Å². The van der Waals surface area contributed by atoms with Crippen LogP contribution in [0.4, 0.5) is 0 Å². The summed E-state index contributed by atoms with van der Waals surface area (Å²) in [6, 6.07) is 0. The smallest absolute Gasteiger partial charge is 0.192 e. The monoisotopic (exact) mass is 482 g/mol. The van der Waals surface area contributed by atoms with Crippen LogP contribution in [-0.2, 0) is 8.85 Å². The second-order valence-corrected chi connectivity index (χ2v) is 23.4. The van der Waals surface area contributed by atoms with Gasteiger partial charge in [-0.15, -0.1) is 0 Å². The second-order valence-electron chi connectivity index (χ2n) is 13.8. The van der Waals surface area contributed by atoms with Gasteiger partial charge in [0.1, 0.15) is 0 Å². The molecular formula is C26H50O4Si2. The molecule has 2 aliphatic carbocycles. The Hall–Kier alpha value is -0.246. The molecule has 0 heterocycles. The van der Waals surface area contributed by atoms with Crippen LogP contribution >= 0.6 is 0 Å². The van der Waals surface area contributed by atoms with Gasteiger partial charge in [-0.3, -0.25) is 0 Å². The van der Waals surface area contributed by atoms with E-state index in [2.05, 4.69) is 79.9 Å². The molecule has 0 amide bonds. The molecule has 0 saturated heterocycles. The lowest BCUT2D eigenvalue weighted by Crippen LogP contribution is -2.70. The highest BCUT2D eigenvalue weighted by atomic mass is 28.4. The molecule has 2 rings (SSSR count). The Bertz CT molecular complexity index is 689. The molecule has 0 saturated carbocycles. The SMILES string of the molecule is CC(C)(C)[Si](C)(C)OC[C@@]12C=CC[C@](C)(O)[C@]1(CO[Si](C)(C)C(C)(C)C)C=CC[C@]2(C)O. The van der Waals surface area contributed by atoms with Crippen LogP contribution in [0, 0.1) is 10.8 Å². The van der Waals surface area contributed by atoms with Crippen molar-refractivity contribution in [3.8, 4) is 0 Å². The van der Waals surface area contributed by atoms with Crippen LogP contribution in [0.25, 0.3) is 0 Å². The first-order valence-corrected chi connectivity index (χ1v) is 18.0. The van der Waals surface area contributed by atoms with Crippen molar-refractivity contribution < 1.29 is 19.1 Å². The number of hydrogen-bond donors (Lipinski definition) is 2. The highest BCUT2D eigenvalue weighted by Gasteiger charge is 2.68. The second kappa shape index (κ2) is 8.16. The maximum Gasteiger partial charge on any atom is 0.192 e. The summed E-state index contributed by atoms with van der Waals surface area (Å²) in [6.07, 6.45) is 9.39. The molecule has 0 aromatic carbocycles. The van der Waals surface area contributed by atoms with Gasteiger partial charge in [-0.1, -0.05) is 65.8 Å². The molecular weight excluding hydrogens is 432 g/mol. The van der Waals surface area contributed by atoms with Gasteiger partial charge in [0.25, 0.3) is 0 Å². The van der Waals surface area contributed by atoms with Crippen molar-refractivity contribution in [1.82, 2.24) is 0 Å². The van der Waals surface area contributed by atoms with E-state index in [1.165, 1.54) is 0 Å². The Kier molecular flexibility index (Phi) is 7.14. The zero-order chi connectivity index (χ0) is 25.1. The van der Waals surface area contributed by atoms with Gasteiger partial charge >= 0.3 is 0 Å². The van der Waals surface area contributed by atoms with Gasteiger partial charge in [-0.05, 0) is 63.0 Å². The highest BCUT2D eigenvalue weighted by molar-refractivity contribution is 6.74. The third kappa shape index (κ3) is 4.40. The van der Waals surface area contributed by atoms with Crippen LogP contribution in [0.1, 0.15) is 68.2 Å². The summed E-state index contributed by atoms with van der Waals surface area (Å²) < 4.78 is 13.6. The minimum Gasteiger partial charge on any atom is -0.416 e. The third-order valence-corrected chi connectivity index (χ3v) is 18.4. The zero-order valence-corrected chi connectivity index (χ0v) is 24.8. The number of rotatable bonds is 6. The Labute approximate surface area is 199 Å². The van der Waals surface area contributed by atoms with Gasteiger partial charge in [0.05, 0.1) is 22.0 Å². The Balaban J connectivity index is 2.62. The normalized spacial score (nSPS) is 36.3. The van der Waals surface area contributed by atoms with E-state index in [0.29, 0.717) is 26.1 Å². The fraction of sp³-hybridized carbons (Fsp3) is 0.846. The van der Waals surface area contributed by atoms with Gasteiger partial charge < -0.3 is 19.1 Å². The quantitative estimate of drug-likeness (QED) is 0.338. The van der Waals surface area contributed by atoms with Crippen molar-refractivity contribution in [2.75, 3.05) is 13.2 Å². The highest BCUT2D eigenvalue weighted by Crippen LogP contribution is 2.62. The average molecular weight is 483 g/mol. The summed E-state index contributed by atoms with van der Waals surface area (Å²) in [6.45, 7) is 26.9. The van der Waals surface area contributed by atoms with E-state index in [4.69, 9.17) is 8.85 Å². The summed E-state index contributed by atoms with van der Waals surface area (Å²) in [4.78, 5) is 0. The van der Waals surface area contributed by atoms with Crippen molar-refractivity contribution in [3.63, 3.8) is 0 Å². The van der Waals surface area contributed by atoms with Crippen LogP contribution in [0.5, 0.6) is 0 Å². The maximum atomic E-state index is 11.9. The molecule has 4 nitrogen and oxygen atoms in total. The Morgan fingerprint density at radius 2 is 0.969 bits per heavy atom. The Morgan fingerprint density at radius 1 is 0.688 bits per heavy atom. The molecule has 0 fully saturated rings. The van der Waals surface area contributed by atoms with Gasteiger partial charge in [0.2, 0.25) is 0 Å². The van der Waals surface area contributed by atoms with Crippen molar-refractivity contribution in [1.29, 1.82) is 0 Å². The predicted octanol–water partition coefficient (Wildman–Crippen LogP) is 6.42. The maximum absolute atomic E-state index is 11.9. The van der Waals surface area contributed by atoms with Crippen molar-refractivity contribution in [2.24, 2.45) is 10.8 Å². The van der Waals surface area contributed by atoms with Crippen molar-refractivity contribution >= 4 is 16.6 Å². The number of aliphatic hydroxyl groups is 2. The van der Waals surface area contributed by atoms with Crippen LogP contribution in [0.3, 0.4) is 0 Å². The van der Waals surface area contributed by atoms with E-state index in [0.717, 1.165) is 0 Å². The minimum atomic E-state index is -2.08. The van der Waals surface area contributed by atoms with E-state index in [9.17, 15) is 10.2 Å². The first-order chi connectivity index (χ1) is 14.1. The fourth-order valence-corrected chi connectivity index (χ4v) is 6.69. The first-order valence-electron chi connectivity index (χ1n) is 12.2. The summed E-state index contributed by atoms with van der Waals surface area (Å²) in [5, 5.41) is 23.9. The summed E-state index contributed by atoms with van der Waals surface area (Å²) in [5.74, 6) is 0. The molecule has 0 spiro atoms. The molecule has 186 valence electrons. The molecule has 0 aliphatic heterocycles. The Morgan fingerprint density at radius 3 is 1.22 bits per heavy atom. The molecule has 32 heavy (non-hydrogen) atoms. The van der Waals surface area contributed by atoms with Gasteiger partial charge in [0.15, 0.2) is 16.6 Å². The van der Waals surface area contributed by atoms with Gasteiger partial charge in [-0.2, -0.15) is 0 Å². The third-order valence-electron chi connectivity index (χ3n) is 9.49. The van der Waals surface area contributed by atoms with E-state index < -0.39 is 38.7 Å². The number of fused-ring (bicyclic) bond motifs is 1. The molecule has 0 unspecified atom stereocenters. The van der Waals surface area contributed by atoms with Crippen LogP contribution in [0.2, 0.25) is 36.3 Å². The van der Waals surface area contributed by atoms with E-state index in [1.807, 2.05) is 26.0 Å². The first kappa shape index (κ1) is 28.0. The lowest BCUT2D eigenvalue weighted by molar-refractivity contribution is -0.209. The van der Waals surface area contributed by atoms with E-state index in [-0.39, 0.29) is 10.1 Å².